The fourth-order valence-corrected chi connectivity index (χ4v) is 8.41. The summed E-state index contributed by atoms with van der Waals surface area (Å²) in [5.74, 6) is -3.35. The van der Waals surface area contributed by atoms with Gasteiger partial charge in [0, 0.05) is 29.5 Å². The van der Waals surface area contributed by atoms with Crippen LogP contribution >= 0.6 is 11.6 Å². The summed E-state index contributed by atoms with van der Waals surface area (Å²) in [5.41, 5.74) is -1.00. The van der Waals surface area contributed by atoms with Crippen molar-refractivity contribution >= 4 is 51.5 Å². The molecule has 5 amide bonds. The Kier molecular flexibility index (Phi) is 12.0. The van der Waals surface area contributed by atoms with Gasteiger partial charge in [-0.2, -0.15) is 0 Å². The quantitative estimate of drug-likeness (QED) is 0.341. The molecule has 302 valence electrons. The number of carbonyl (C=O) groups excluding carboxylic acids is 5. The average Bonchev–Trinajstić information content (AvgIpc) is 3.42. The number of nitrogens with zero attached hydrogens (tertiary/aromatic N) is 2. The first-order valence-electron chi connectivity index (χ1n) is 18.7. The molecule has 4 aliphatic rings. The molecule has 0 radical (unpaired) electrons. The van der Waals surface area contributed by atoms with E-state index < -0.39 is 75.4 Å². The number of alkyl carbamates (subject to hydrolysis) is 1. The van der Waals surface area contributed by atoms with Crippen LogP contribution in [0.1, 0.15) is 76.8 Å². The third kappa shape index (κ3) is 9.45. The minimum atomic E-state index is -4.37. The molecule has 3 N–H and O–H groups in total. The number of rotatable bonds is 6. The SMILES string of the molecule is CC(C)(C)COC(=O)N[C@H]1CCCCC/C=C\[C@H]2C[C@]2(C(=O)NS(=O)(=O)c2ccc(Cl)cc2)NC(=O)[C@@H]2C[C@@H](OC(=O)N3Cc4cccc(F)c4C3)CN2C1=O. The molecule has 3 heterocycles. The van der Waals surface area contributed by atoms with Crippen LogP contribution < -0.4 is 15.4 Å². The zero-order chi connectivity index (χ0) is 40.4. The van der Waals surface area contributed by atoms with Crippen molar-refractivity contribution in [3.63, 3.8) is 0 Å². The minimum absolute atomic E-state index is 0.0196. The predicted octanol–water partition coefficient (Wildman–Crippen LogP) is 4.94. The normalized spacial score (nSPS) is 26.0. The van der Waals surface area contributed by atoms with Crippen LogP contribution in [0.2, 0.25) is 5.02 Å². The Balaban J connectivity index is 1.26. The second-order valence-electron chi connectivity index (χ2n) is 16.0. The number of carbonyl (C=O) groups is 5. The molecule has 17 heteroatoms. The second kappa shape index (κ2) is 16.4. The van der Waals surface area contributed by atoms with Gasteiger partial charge < -0.3 is 25.0 Å². The average molecular weight is 816 g/mol. The van der Waals surface area contributed by atoms with Gasteiger partial charge in [-0.15, -0.1) is 0 Å². The summed E-state index contributed by atoms with van der Waals surface area (Å²) >= 11 is 5.93. The summed E-state index contributed by atoms with van der Waals surface area (Å²) in [4.78, 5) is 71.3. The van der Waals surface area contributed by atoms with Crippen LogP contribution in [0.15, 0.2) is 59.5 Å². The predicted molar refractivity (Wildman–Crippen MR) is 202 cm³/mol. The molecule has 1 saturated heterocycles. The summed E-state index contributed by atoms with van der Waals surface area (Å²) in [5, 5.41) is 5.74. The lowest BCUT2D eigenvalue weighted by molar-refractivity contribution is -0.141. The first kappa shape index (κ1) is 40.9. The van der Waals surface area contributed by atoms with Gasteiger partial charge in [-0.3, -0.25) is 19.3 Å². The summed E-state index contributed by atoms with van der Waals surface area (Å²) in [6.45, 7) is 5.62. The van der Waals surface area contributed by atoms with Crippen LogP contribution in [-0.2, 0) is 47.0 Å². The zero-order valence-corrected chi connectivity index (χ0v) is 33.1. The molecule has 2 aromatic carbocycles. The molecule has 1 aliphatic carbocycles. The standard InChI is InChI=1S/C39H47ClFN5O9S/c1-38(2,3)23-54-36(50)42-31-13-8-6-4-5-7-11-25-19-39(25,35(49)44-56(52,53)28-16-14-26(40)15-17-28)43-33(47)32-18-27(21-46(32)34(31)48)55-37(51)45-20-24-10-9-12-30(41)29(24)22-45/h7,9-12,14-17,25,27,31-32H,4-6,8,13,18-23H2,1-3H3,(H,42,50)(H,43,47)(H,44,49)/b11-7-/t25-,27+,31-,32-,39-/m0/s1. The lowest BCUT2D eigenvalue weighted by Gasteiger charge is -2.30. The highest BCUT2D eigenvalue weighted by Crippen LogP contribution is 2.46. The van der Waals surface area contributed by atoms with E-state index in [1.165, 1.54) is 40.1 Å². The van der Waals surface area contributed by atoms with E-state index in [1.54, 1.807) is 18.2 Å². The van der Waals surface area contributed by atoms with E-state index in [0.717, 1.165) is 6.42 Å². The molecule has 2 aromatic rings. The molecule has 2 fully saturated rings. The molecular formula is C39H47ClFN5O9S. The number of hydrogen-bond donors (Lipinski definition) is 3. The Morgan fingerprint density at radius 2 is 1.80 bits per heavy atom. The Morgan fingerprint density at radius 3 is 2.52 bits per heavy atom. The number of fused-ring (bicyclic) bond motifs is 3. The van der Waals surface area contributed by atoms with Crippen LogP contribution in [0.5, 0.6) is 0 Å². The van der Waals surface area contributed by atoms with E-state index in [9.17, 15) is 36.8 Å². The number of benzene rings is 2. The van der Waals surface area contributed by atoms with E-state index in [0.29, 0.717) is 35.4 Å². The molecular weight excluding hydrogens is 769 g/mol. The molecule has 6 rings (SSSR count). The van der Waals surface area contributed by atoms with Crippen molar-refractivity contribution in [3.8, 4) is 0 Å². The fourth-order valence-electron chi connectivity index (χ4n) is 7.24. The van der Waals surface area contributed by atoms with Gasteiger partial charge in [0.2, 0.25) is 11.8 Å². The third-order valence-corrected chi connectivity index (χ3v) is 12.0. The van der Waals surface area contributed by atoms with E-state index in [4.69, 9.17) is 21.1 Å². The van der Waals surface area contributed by atoms with Crippen LogP contribution in [0.25, 0.3) is 0 Å². The molecule has 5 atom stereocenters. The smallest absolute Gasteiger partial charge is 0.410 e. The van der Waals surface area contributed by atoms with Crippen molar-refractivity contribution in [2.24, 2.45) is 11.3 Å². The Hall–Kier alpha value is -4.70. The second-order valence-corrected chi connectivity index (χ2v) is 18.2. The number of hydrogen-bond acceptors (Lipinski definition) is 9. The third-order valence-electron chi connectivity index (χ3n) is 10.4. The molecule has 0 aromatic heterocycles. The van der Waals surface area contributed by atoms with Gasteiger partial charge in [-0.05, 0) is 67.0 Å². The number of nitrogens with one attached hydrogen (secondary N) is 3. The van der Waals surface area contributed by atoms with E-state index in [1.807, 2.05) is 26.8 Å². The molecule has 0 spiro atoms. The van der Waals surface area contributed by atoms with Crippen LogP contribution in [0.4, 0.5) is 14.0 Å². The first-order chi connectivity index (χ1) is 26.5. The highest BCUT2D eigenvalue weighted by atomic mass is 35.5. The highest BCUT2D eigenvalue weighted by molar-refractivity contribution is 7.90. The Morgan fingerprint density at radius 1 is 1.05 bits per heavy atom. The Labute approximate surface area is 330 Å². The van der Waals surface area contributed by atoms with E-state index >= 15 is 0 Å². The van der Waals surface area contributed by atoms with Crippen LogP contribution in [0, 0.1) is 17.2 Å². The van der Waals surface area contributed by atoms with Crippen molar-refractivity contribution in [1.82, 2.24) is 25.2 Å². The number of amides is 5. The van der Waals surface area contributed by atoms with Gasteiger partial charge in [0.05, 0.1) is 24.6 Å². The van der Waals surface area contributed by atoms with Gasteiger partial charge in [-0.1, -0.05) is 69.5 Å². The van der Waals surface area contributed by atoms with E-state index in [2.05, 4.69) is 15.4 Å². The number of halogens is 2. The van der Waals surface area contributed by atoms with Gasteiger partial charge in [0.1, 0.15) is 29.5 Å². The summed E-state index contributed by atoms with van der Waals surface area (Å²) in [6, 6.07) is 7.44. The zero-order valence-electron chi connectivity index (χ0n) is 31.5. The van der Waals surface area contributed by atoms with Crippen molar-refractivity contribution in [2.45, 2.75) is 107 Å². The maximum absolute atomic E-state index is 14.5. The van der Waals surface area contributed by atoms with Gasteiger partial charge in [-0.25, -0.2) is 27.1 Å². The minimum Gasteiger partial charge on any atom is -0.449 e. The highest BCUT2D eigenvalue weighted by Gasteiger charge is 2.61. The van der Waals surface area contributed by atoms with Crippen molar-refractivity contribution < 1.29 is 46.3 Å². The number of sulfonamides is 1. The van der Waals surface area contributed by atoms with Crippen molar-refractivity contribution in [2.75, 3.05) is 13.2 Å². The number of allylic oxidation sites excluding steroid dienone is 1. The van der Waals surface area contributed by atoms with Gasteiger partial charge in [0.25, 0.3) is 15.9 Å². The van der Waals surface area contributed by atoms with Crippen molar-refractivity contribution in [1.29, 1.82) is 0 Å². The maximum Gasteiger partial charge on any atom is 0.410 e. The molecule has 0 unspecified atom stereocenters. The molecule has 14 nitrogen and oxygen atoms in total. The van der Waals surface area contributed by atoms with Gasteiger partial charge >= 0.3 is 12.2 Å². The lowest BCUT2D eigenvalue weighted by Crippen LogP contribution is -2.58. The summed E-state index contributed by atoms with van der Waals surface area (Å²) in [7, 11) is -4.37. The molecule has 3 aliphatic heterocycles. The van der Waals surface area contributed by atoms with Crippen molar-refractivity contribution in [3.05, 3.63) is 76.6 Å². The first-order valence-corrected chi connectivity index (χ1v) is 20.6. The Bertz CT molecular complexity index is 2010. The monoisotopic (exact) mass is 815 g/mol. The van der Waals surface area contributed by atoms with Crippen LogP contribution in [-0.4, -0.2) is 85.0 Å². The topological polar surface area (TPSA) is 181 Å². The molecule has 1 saturated carbocycles. The maximum atomic E-state index is 14.5. The number of ether oxygens (including phenoxy) is 2. The van der Waals surface area contributed by atoms with Crippen LogP contribution in [0.3, 0.4) is 0 Å². The largest absolute Gasteiger partial charge is 0.449 e. The van der Waals surface area contributed by atoms with E-state index in [-0.39, 0.29) is 55.8 Å². The molecule has 56 heavy (non-hydrogen) atoms. The summed E-state index contributed by atoms with van der Waals surface area (Å²) < 4.78 is 54.3. The molecule has 0 bridgehead atoms. The lowest BCUT2D eigenvalue weighted by atomic mass is 9.99. The van der Waals surface area contributed by atoms with Gasteiger partial charge in [0.15, 0.2) is 0 Å². The fraction of sp³-hybridized carbons (Fsp3) is 0.513. The summed E-state index contributed by atoms with van der Waals surface area (Å²) in [6.07, 6.45) is 3.86.